The number of thioether (sulfide) groups is 1. The van der Waals surface area contributed by atoms with Crippen molar-refractivity contribution in [3.63, 3.8) is 0 Å². The van der Waals surface area contributed by atoms with Gasteiger partial charge in [0.25, 0.3) is 0 Å². The quantitative estimate of drug-likeness (QED) is 0.538. The fraction of sp³-hybridized carbons (Fsp3) is 0.269. The van der Waals surface area contributed by atoms with Gasteiger partial charge in [-0.2, -0.15) is 5.26 Å². The van der Waals surface area contributed by atoms with E-state index in [1.165, 1.54) is 12.1 Å². The Morgan fingerprint density at radius 1 is 1.24 bits per heavy atom. The van der Waals surface area contributed by atoms with Gasteiger partial charge >= 0.3 is 0 Å². The third kappa shape index (κ3) is 5.03. The Bertz CT molecular complexity index is 1260. The fourth-order valence-corrected chi connectivity index (χ4v) is 5.35. The van der Waals surface area contributed by atoms with Crippen LogP contribution in [0.2, 0.25) is 5.02 Å². The van der Waals surface area contributed by atoms with Crippen molar-refractivity contribution in [1.82, 2.24) is 5.32 Å². The van der Waals surface area contributed by atoms with Gasteiger partial charge < -0.3 is 10.6 Å². The predicted octanol–water partition coefficient (Wildman–Crippen LogP) is 5.92. The second-order valence-corrected chi connectivity index (χ2v) is 10.5. The summed E-state index contributed by atoms with van der Waals surface area (Å²) in [6, 6.07) is 15.3. The molecule has 0 radical (unpaired) electrons. The Hall–Kier alpha value is -3.08. The molecule has 4 rings (SSSR count). The number of rotatable bonds is 5. The molecule has 5 nitrogen and oxygen atoms in total. The number of Topliss-reactive ketones (excluding diaryl/α,β-unsaturated/α-hetero) is 1. The van der Waals surface area contributed by atoms with Crippen LogP contribution in [0.5, 0.6) is 0 Å². The van der Waals surface area contributed by atoms with Gasteiger partial charge in [-0.05, 0) is 41.7 Å². The van der Waals surface area contributed by atoms with Crippen molar-refractivity contribution in [3.8, 4) is 6.07 Å². The lowest BCUT2D eigenvalue weighted by Crippen LogP contribution is -2.37. The lowest BCUT2D eigenvalue weighted by Gasteiger charge is -2.39. The van der Waals surface area contributed by atoms with Crippen LogP contribution in [0.1, 0.15) is 38.2 Å². The van der Waals surface area contributed by atoms with E-state index >= 15 is 0 Å². The molecule has 0 fully saturated rings. The monoisotopic (exact) mass is 495 g/mol. The number of allylic oxidation sites excluding steroid dienone is 3. The lowest BCUT2D eigenvalue weighted by molar-refractivity contribution is -0.118. The van der Waals surface area contributed by atoms with Gasteiger partial charge in [-0.3, -0.25) is 9.59 Å². The molecule has 1 amide bonds. The molecule has 0 saturated heterocycles. The highest BCUT2D eigenvalue weighted by atomic mass is 35.5. The Morgan fingerprint density at radius 2 is 1.94 bits per heavy atom. The van der Waals surface area contributed by atoms with Gasteiger partial charge in [0.1, 0.15) is 5.82 Å². The van der Waals surface area contributed by atoms with Crippen molar-refractivity contribution in [2.75, 3.05) is 11.1 Å². The molecule has 2 N–H and O–H groups in total. The topological polar surface area (TPSA) is 82.0 Å². The average molecular weight is 496 g/mol. The molecule has 0 bridgehead atoms. The molecule has 0 aromatic heterocycles. The number of carbonyl (C=O) groups is 2. The van der Waals surface area contributed by atoms with E-state index in [2.05, 4.69) is 16.7 Å². The minimum absolute atomic E-state index is 0.00722. The molecule has 1 aliphatic carbocycles. The maximum absolute atomic E-state index is 13.9. The standard InChI is InChI=1S/C26H23ClFN3O2S/c1-26(2)11-20-24(21(32)12-26)23(15-7-9-16(27)10-8-15)17(13-29)25(31-20)34-14-22(33)30-19-6-4-3-5-18(19)28/h3-10,23,31H,11-12,14H2,1-2H3,(H,30,33)/t23-/m1/s1. The van der Waals surface area contributed by atoms with Gasteiger partial charge in [-0.15, -0.1) is 0 Å². The Labute approximate surface area is 207 Å². The molecule has 8 heteroatoms. The van der Waals surface area contributed by atoms with Crippen LogP contribution in [0.3, 0.4) is 0 Å². The van der Waals surface area contributed by atoms with E-state index in [0.717, 1.165) is 23.0 Å². The molecule has 0 spiro atoms. The SMILES string of the molecule is CC1(C)CC(=O)C2=C(C1)NC(SCC(=O)Nc1ccccc1F)=C(C#N)[C@H]2c1ccc(Cl)cc1. The van der Waals surface area contributed by atoms with Crippen LogP contribution in [0.15, 0.2) is 70.4 Å². The van der Waals surface area contributed by atoms with Crippen molar-refractivity contribution in [1.29, 1.82) is 5.26 Å². The Kier molecular flexibility index (Phi) is 6.83. The third-order valence-electron chi connectivity index (χ3n) is 5.83. The van der Waals surface area contributed by atoms with E-state index in [-0.39, 0.29) is 22.6 Å². The van der Waals surface area contributed by atoms with Crippen molar-refractivity contribution in [3.05, 3.63) is 86.8 Å². The first kappa shape index (κ1) is 24.1. The van der Waals surface area contributed by atoms with E-state index in [4.69, 9.17) is 11.6 Å². The summed E-state index contributed by atoms with van der Waals surface area (Å²) in [6.07, 6.45) is 1.03. The molecule has 2 aliphatic rings. The first-order valence-electron chi connectivity index (χ1n) is 10.8. The van der Waals surface area contributed by atoms with Crippen LogP contribution in [-0.4, -0.2) is 17.4 Å². The fourth-order valence-electron chi connectivity index (χ4n) is 4.37. The largest absolute Gasteiger partial charge is 0.352 e. The molecule has 34 heavy (non-hydrogen) atoms. The zero-order valence-corrected chi connectivity index (χ0v) is 20.3. The number of carbonyl (C=O) groups excluding carboxylic acids is 2. The second-order valence-electron chi connectivity index (χ2n) is 9.11. The maximum Gasteiger partial charge on any atom is 0.234 e. The molecular weight excluding hydrogens is 473 g/mol. The van der Waals surface area contributed by atoms with E-state index in [0.29, 0.717) is 34.0 Å². The number of nitrogens with zero attached hydrogens (tertiary/aromatic N) is 1. The van der Waals surface area contributed by atoms with Gasteiger partial charge in [-0.25, -0.2) is 4.39 Å². The van der Waals surface area contributed by atoms with Crippen LogP contribution < -0.4 is 10.6 Å². The van der Waals surface area contributed by atoms with Gasteiger partial charge in [0.2, 0.25) is 5.91 Å². The summed E-state index contributed by atoms with van der Waals surface area (Å²) in [5.41, 5.74) is 2.41. The summed E-state index contributed by atoms with van der Waals surface area (Å²) in [5.74, 6) is -1.49. The van der Waals surface area contributed by atoms with E-state index < -0.39 is 17.6 Å². The van der Waals surface area contributed by atoms with Gasteiger partial charge in [0, 0.05) is 22.7 Å². The summed E-state index contributed by atoms with van der Waals surface area (Å²) in [5, 5.41) is 17.0. The van der Waals surface area contributed by atoms with Gasteiger partial charge in [-0.1, -0.05) is 61.5 Å². The van der Waals surface area contributed by atoms with E-state index in [9.17, 15) is 19.2 Å². The Morgan fingerprint density at radius 3 is 2.62 bits per heavy atom. The van der Waals surface area contributed by atoms with E-state index in [1.807, 2.05) is 26.0 Å². The lowest BCUT2D eigenvalue weighted by atomic mass is 9.69. The highest BCUT2D eigenvalue weighted by Gasteiger charge is 2.41. The zero-order valence-electron chi connectivity index (χ0n) is 18.7. The number of nitriles is 1. The summed E-state index contributed by atoms with van der Waals surface area (Å²) in [6.45, 7) is 4.07. The number of halogens is 2. The molecule has 1 aliphatic heterocycles. The third-order valence-corrected chi connectivity index (χ3v) is 7.09. The number of anilines is 1. The normalized spacial score (nSPS) is 19.3. The first-order valence-corrected chi connectivity index (χ1v) is 12.1. The van der Waals surface area contributed by atoms with Crippen LogP contribution in [-0.2, 0) is 9.59 Å². The minimum Gasteiger partial charge on any atom is -0.352 e. The molecule has 0 saturated carbocycles. The van der Waals surface area contributed by atoms with Crippen LogP contribution in [0.4, 0.5) is 10.1 Å². The number of hydrogen-bond donors (Lipinski definition) is 2. The Balaban J connectivity index is 1.66. The summed E-state index contributed by atoms with van der Waals surface area (Å²) in [7, 11) is 0. The predicted molar refractivity (Wildman–Crippen MR) is 133 cm³/mol. The number of para-hydroxylation sites is 1. The van der Waals surface area contributed by atoms with Crippen molar-refractivity contribution in [2.24, 2.45) is 5.41 Å². The molecule has 174 valence electrons. The maximum atomic E-state index is 13.9. The first-order chi connectivity index (χ1) is 16.2. The highest BCUT2D eigenvalue weighted by molar-refractivity contribution is 8.03. The van der Waals surface area contributed by atoms with Crippen LogP contribution in [0.25, 0.3) is 0 Å². The highest BCUT2D eigenvalue weighted by Crippen LogP contribution is 2.47. The molecule has 2 aromatic rings. The molecule has 2 aromatic carbocycles. The summed E-state index contributed by atoms with van der Waals surface area (Å²) in [4.78, 5) is 25.7. The summed E-state index contributed by atoms with van der Waals surface area (Å²) >= 11 is 7.23. The average Bonchev–Trinajstić information content (AvgIpc) is 2.78. The van der Waals surface area contributed by atoms with Crippen molar-refractivity contribution >= 4 is 40.7 Å². The van der Waals surface area contributed by atoms with Crippen LogP contribution >= 0.6 is 23.4 Å². The molecular formula is C26H23ClFN3O2S. The van der Waals surface area contributed by atoms with Crippen molar-refractivity contribution < 1.29 is 14.0 Å². The number of hydrogen-bond acceptors (Lipinski definition) is 5. The number of dihydropyridines is 1. The van der Waals surface area contributed by atoms with E-state index in [1.54, 1.807) is 24.3 Å². The van der Waals surface area contributed by atoms with Crippen LogP contribution in [0, 0.1) is 22.6 Å². The van der Waals surface area contributed by atoms with Gasteiger partial charge in [0.05, 0.1) is 34.0 Å². The smallest absolute Gasteiger partial charge is 0.234 e. The number of benzene rings is 2. The minimum atomic E-state index is -0.542. The molecule has 1 heterocycles. The zero-order chi connectivity index (χ0) is 24.5. The number of ketones is 1. The van der Waals surface area contributed by atoms with Gasteiger partial charge in [0.15, 0.2) is 5.78 Å². The number of nitrogens with one attached hydrogen (secondary N) is 2. The molecule has 1 atom stereocenters. The summed E-state index contributed by atoms with van der Waals surface area (Å²) < 4.78 is 13.9. The number of amides is 1. The second kappa shape index (κ2) is 9.65. The molecule has 0 unspecified atom stereocenters. The van der Waals surface area contributed by atoms with Crippen molar-refractivity contribution in [2.45, 2.75) is 32.6 Å².